The molecular weight excluding hydrogens is 370 g/mol. The Bertz CT molecular complexity index is 684. The maximum Gasteiger partial charge on any atom is 0.287 e. The van der Waals surface area contributed by atoms with Gasteiger partial charge in [-0.2, -0.15) is 0 Å². The molecule has 0 aromatic heterocycles. The molecule has 1 aromatic carbocycles. The topological polar surface area (TPSA) is 78.9 Å². The lowest BCUT2D eigenvalue weighted by Crippen LogP contribution is -2.50. The molecule has 28 heavy (non-hydrogen) atoms. The number of likely N-dealkylation sites (tertiary alicyclic amines) is 1. The van der Waals surface area contributed by atoms with Crippen LogP contribution < -0.4 is 10.1 Å². The molecule has 2 N–H and O–H groups in total. The van der Waals surface area contributed by atoms with Crippen LogP contribution in [0.15, 0.2) is 24.3 Å². The molecule has 2 amide bonds. The zero-order valence-corrected chi connectivity index (χ0v) is 16.3. The quantitative estimate of drug-likeness (QED) is 0.670. The van der Waals surface area contributed by atoms with Crippen molar-refractivity contribution in [1.29, 1.82) is 0 Å². The van der Waals surface area contributed by atoms with Crippen molar-refractivity contribution in [2.75, 3.05) is 26.8 Å². The number of aliphatic hydroxyl groups is 1. The van der Waals surface area contributed by atoms with E-state index in [9.17, 15) is 18.4 Å². The van der Waals surface area contributed by atoms with Crippen molar-refractivity contribution < 1.29 is 28.2 Å². The number of hydrogen-bond donors (Lipinski definition) is 2. The number of alkyl halides is 2. The largest absolute Gasteiger partial charge is 0.496 e. The van der Waals surface area contributed by atoms with E-state index in [0.29, 0.717) is 17.9 Å². The predicted octanol–water partition coefficient (Wildman–Crippen LogP) is 2.52. The summed E-state index contributed by atoms with van der Waals surface area (Å²) >= 11 is 0. The van der Waals surface area contributed by atoms with Gasteiger partial charge < -0.3 is 20.1 Å². The molecule has 2 atom stereocenters. The summed E-state index contributed by atoms with van der Waals surface area (Å²) in [6.07, 6.45) is 2.10. The Morgan fingerprint density at radius 3 is 2.75 bits per heavy atom. The molecule has 0 aliphatic carbocycles. The molecule has 1 aliphatic rings. The van der Waals surface area contributed by atoms with Gasteiger partial charge in [0.15, 0.2) is 0 Å². The monoisotopic (exact) mass is 398 g/mol. The average Bonchev–Trinajstić information content (AvgIpc) is 2.71. The molecule has 1 heterocycles. The smallest absolute Gasteiger partial charge is 0.287 e. The second kappa shape index (κ2) is 9.82. The Hall–Kier alpha value is -2.22. The Morgan fingerprint density at radius 2 is 2.11 bits per heavy atom. The number of para-hydroxylation sites is 1. The lowest BCUT2D eigenvalue weighted by atomic mass is 9.83. The van der Waals surface area contributed by atoms with Gasteiger partial charge in [-0.15, -0.1) is 0 Å². The third kappa shape index (κ3) is 5.19. The summed E-state index contributed by atoms with van der Waals surface area (Å²) in [5.74, 6) is -4.14. The van der Waals surface area contributed by atoms with Gasteiger partial charge in [0.05, 0.1) is 25.6 Å². The second-order valence-corrected chi connectivity index (χ2v) is 7.00. The number of nitrogens with zero attached hydrogens (tertiary/aromatic N) is 1. The van der Waals surface area contributed by atoms with Gasteiger partial charge in [0.25, 0.3) is 5.92 Å². The molecule has 0 spiro atoms. The zero-order chi connectivity index (χ0) is 20.7. The van der Waals surface area contributed by atoms with E-state index < -0.39 is 36.9 Å². The first kappa shape index (κ1) is 22.1. The van der Waals surface area contributed by atoms with Crippen molar-refractivity contribution in [2.24, 2.45) is 5.92 Å². The predicted molar refractivity (Wildman–Crippen MR) is 100 cm³/mol. The van der Waals surface area contributed by atoms with Crippen LogP contribution in [0, 0.1) is 5.92 Å². The number of carbonyl (C=O) groups excluding carboxylic acids is 2. The maximum absolute atomic E-state index is 13.4. The van der Waals surface area contributed by atoms with Crippen molar-refractivity contribution in [3.63, 3.8) is 0 Å². The number of aliphatic hydroxyl groups excluding tert-OH is 1. The molecule has 6 nitrogen and oxygen atoms in total. The summed E-state index contributed by atoms with van der Waals surface area (Å²) in [5.41, 5.74) is 0.684. The third-order valence-electron chi connectivity index (χ3n) is 5.01. The van der Waals surface area contributed by atoms with E-state index in [4.69, 9.17) is 9.84 Å². The van der Waals surface area contributed by atoms with Crippen molar-refractivity contribution >= 4 is 11.8 Å². The molecule has 1 fully saturated rings. The van der Waals surface area contributed by atoms with Gasteiger partial charge in [0.2, 0.25) is 11.8 Å². The normalized spacial score (nSPS) is 20.2. The number of carbonyl (C=O) groups is 2. The molecule has 156 valence electrons. The van der Waals surface area contributed by atoms with Crippen LogP contribution in [0.1, 0.15) is 44.2 Å². The van der Waals surface area contributed by atoms with Crippen LogP contribution in [-0.2, 0) is 9.59 Å². The summed E-state index contributed by atoms with van der Waals surface area (Å²) in [4.78, 5) is 27.0. The minimum absolute atomic E-state index is 0.0610. The minimum atomic E-state index is -3.39. The van der Waals surface area contributed by atoms with E-state index >= 15 is 0 Å². The van der Waals surface area contributed by atoms with Gasteiger partial charge in [0, 0.05) is 18.5 Å². The highest BCUT2D eigenvalue weighted by Gasteiger charge is 2.42. The maximum atomic E-state index is 13.4. The van der Waals surface area contributed by atoms with Gasteiger partial charge in [-0.3, -0.25) is 9.59 Å². The van der Waals surface area contributed by atoms with Crippen molar-refractivity contribution in [1.82, 2.24) is 10.2 Å². The first-order valence-corrected chi connectivity index (χ1v) is 9.53. The minimum Gasteiger partial charge on any atom is -0.496 e. The average molecular weight is 398 g/mol. The van der Waals surface area contributed by atoms with Crippen LogP contribution in [0.25, 0.3) is 0 Å². The van der Waals surface area contributed by atoms with Crippen LogP contribution >= 0.6 is 0 Å². The molecule has 0 unspecified atom stereocenters. The molecular formula is C20H28F2N2O4. The summed E-state index contributed by atoms with van der Waals surface area (Å²) in [6.45, 7) is 0.206. The lowest BCUT2D eigenvalue weighted by molar-refractivity contribution is -0.144. The lowest BCUT2D eigenvalue weighted by Gasteiger charge is -2.41. The van der Waals surface area contributed by atoms with Crippen molar-refractivity contribution in [3.05, 3.63) is 29.8 Å². The Labute approximate surface area is 163 Å². The molecule has 0 radical (unpaired) electrons. The fourth-order valence-corrected chi connectivity index (χ4v) is 3.52. The molecule has 8 heteroatoms. The number of ether oxygens (including phenoxy) is 1. The van der Waals surface area contributed by atoms with Crippen LogP contribution in [-0.4, -0.2) is 54.5 Å². The highest BCUT2D eigenvalue weighted by Crippen LogP contribution is 2.40. The number of nitrogens with one attached hydrogen (secondary N) is 1. The molecule has 1 saturated heterocycles. The van der Waals surface area contributed by atoms with Crippen LogP contribution in [0.4, 0.5) is 8.78 Å². The molecule has 0 saturated carbocycles. The summed E-state index contributed by atoms with van der Waals surface area (Å²) in [6, 6.07) is 6.54. The van der Waals surface area contributed by atoms with Gasteiger partial charge in [-0.25, -0.2) is 8.78 Å². The first-order chi connectivity index (χ1) is 13.3. The first-order valence-electron chi connectivity index (χ1n) is 9.53. The van der Waals surface area contributed by atoms with E-state index in [1.165, 1.54) is 7.11 Å². The van der Waals surface area contributed by atoms with Crippen molar-refractivity contribution in [3.8, 4) is 5.75 Å². The van der Waals surface area contributed by atoms with E-state index in [-0.39, 0.29) is 18.7 Å². The molecule has 1 aliphatic heterocycles. The number of hydrogen-bond acceptors (Lipinski definition) is 4. The number of halogens is 2. The number of amides is 2. The van der Waals surface area contributed by atoms with Gasteiger partial charge in [-0.05, 0) is 18.9 Å². The van der Waals surface area contributed by atoms with Gasteiger partial charge in [0.1, 0.15) is 12.4 Å². The SMILES string of the molecule is CCCCN1C(=O)CC[C@H](C(=O)NCC(F)(F)CO)[C@@H]1c1ccccc1OC. The number of methoxy groups -OCH3 is 1. The fraction of sp³-hybridized carbons (Fsp3) is 0.600. The fourth-order valence-electron chi connectivity index (χ4n) is 3.52. The van der Waals surface area contributed by atoms with Crippen LogP contribution in [0.2, 0.25) is 0 Å². The number of benzene rings is 1. The standard InChI is InChI=1S/C20H28F2N2O4/c1-3-4-11-24-17(26)10-9-15(19(27)23-12-20(21,22)13-25)18(24)14-7-5-6-8-16(14)28-2/h5-8,15,18,25H,3-4,9-13H2,1-2H3,(H,23,27)/t15-,18-/m0/s1. The van der Waals surface area contributed by atoms with Gasteiger partial charge in [-0.1, -0.05) is 31.5 Å². The van der Waals surface area contributed by atoms with E-state index in [0.717, 1.165) is 12.8 Å². The second-order valence-electron chi connectivity index (χ2n) is 7.00. The van der Waals surface area contributed by atoms with E-state index in [2.05, 4.69) is 5.32 Å². The van der Waals surface area contributed by atoms with E-state index in [1.54, 1.807) is 29.2 Å². The molecule has 2 rings (SSSR count). The van der Waals surface area contributed by atoms with Crippen LogP contribution in [0.3, 0.4) is 0 Å². The van der Waals surface area contributed by atoms with E-state index in [1.807, 2.05) is 6.92 Å². The van der Waals surface area contributed by atoms with Gasteiger partial charge >= 0.3 is 0 Å². The number of piperidine rings is 1. The highest BCUT2D eigenvalue weighted by atomic mass is 19.3. The summed E-state index contributed by atoms with van der Waals surface area (Å²) in [7, 11) is 1.51. The zero-order valence-electron chi connectivity index (χ0n) is 16.3. The highest BCUT2D eigenvalue weighted by molar-refractivity contribution is 5.85. The molecule has 1 aromatic rings. The third-order valence-corrected chi connectivity index (χ3v) is 5.01. The summed E-state index contributed by atoms with van der Waals surface area (Å²) < 4.78 is 32.2. The van der Waals surface area contributed by atoms with Crippen molar-refractivity contribution in [2.45, 2.75) is 44.6 Å². The number of rotatable bonds is 9. The Morgan fingerprint density at radius 1 is 1.39 bits per heavy atom. The Balaban J connectivity index is 2.35. The summed E-state index contributed by atoms with van der Waals surface area (Å²) in [5, 5.41) is 11.0. The number of unbranched alkanes of at least 4 members (excludes halogenated alkanes) is 1. The Kier molecular flexibility index (Phi) is 7.74. The molecule has 0 bridgehead atoms. The van der Waals surface area contributed by atoms with Crippen LogP contribution in [0.5, 0.6) is 5.75 Å².